The standard InChI is InChI=1S/C19H29N5O/c1-14(2)18-20-10-17(11-21-18)23-6-4-22(5-7-23)16-8-19(9-16)12-24(13-19)15(3)25/h10-11,14,16H,4-9,12-13H2,1-3H3. The van der Waals surface area contributed by atoms with E-state index < -0.39 is 0 Å². The number of anilines is 1. The molecule has 2 aliphatic heterocycles. The quantitative estimate of drug-likeness (QED) is 0.837. The molecule has 25 heavy (non-hydrogen) atoms. The number of likely N-dealkylation sites (tertiary alicyclic amines) is 1. The molecule has 3 aliphatic rings. The van der Waals surface area contributed by atoms with Gasteiger partial charge in [-0.2, -0.15) is 0 Å². The fraction of sp³-hybridized carbons (Fsp3) is 0.737. The molecule has 0 unspecified atom stereocenters. The van der Waals surface area contributed by atoms with Gasteiger partial charge < -0.3 is 9.80 Å². The van der Waals surface area contributed by atoms with Gasteiger partial charge in [0.15, 0.2) is 0 Å². The predicted octanol–water partition coefficient (Wildman–Crippen LogP) is 1.73. The van der Waals surface area contributed by atoms with Crippen LogP contribution < -0.4 is 4.90 Å². The van der Waals surface area contributed by atoms with Crippen LogP contribution >= 0.6 is 0 Å². The van der Waals surface area contributed by atoms with E-state index in [2.05, 4.69) is 33.6 Å². The number of amides is 1. The number of nitrogens with zero attached hydrogens (tertiary/aromatic N) is 5. The third kappa shape index (κ3) is 3.12. The molecule has 3 fully saturated rings. The van der Waals surface area contributed by atoms with E-state index in [1.54, 1.807) is 6.92 Å². The number of piperazine rings is 1. The minimum atomic E-state index is 0.230. The largest absolute Gasteiger partial charge is 0.366 e. The lowest BCUT2D eigenvalue weighted by atomic mass is 9.60. The highest BCUT2D eigenvalue weighted by molar-refractivity contribution is 5.74. The third-order valence-electron chi connectivity index (χ3n) is 6.21. The zero-order valence-corrected chi connectivity index (χ0v) is 15.6. The zero-order valence-electron chi connectivity index (χ0n) is 15.6. The average Bonchev–Trinajstić information content (AvgIpc) is 2.52. The first-order valence-electron chi connectivity index (χ1n) is 9.52. The lowest BCUT2D eigenvalue weighted by molar-refractivity contribution is -0.155. The van der Waals surface area contributed by atoms with Gasteiger partial charge in [-0.3, -0.25) is 9.69 Å². The Morgan fingerprint density at radius 3 is 2.24 bits per heavy atom. The van der Waals surface area contributed by atoms with Crippen LogP contribution in [-0.4, -0.2) is 71.0 Å². The molecule has 1 aromatic heterocycles. The Labute approximate surface area is 150 Å². The Balaban J connectivity index is 1.25. The van der Waals surface area contributed by atoms with Gasteiger partial charge in [0, 0.05) is 63.6 Å². The van der Waals surface area contributed by atoms with Gasteiger partial charge >= 0.3 is 0 Å². The molecular weight excluding hydrogens is 314 g/mol. The number of hydrogen-bond donors (Lipinski definition) is 0. The van der Waals surface area contributed by atoms with Crippen LogP contribution in [-0.2, 0) is 4.79 Å². The fourth-order valence-corrected chi connectivity index (χ4v) is 4.58. The van der Waals surface area contributed by atoms with E-state index in [-0.39, 0.29) is 5.91 Å². The van der Waals surface area contributed by atoms with Crippen LogP contribution in [0.15, 0.2) is 12.4 Å². The molecule has 4 rings (SSSR count). The summed E-state index contributed by atoms with van der Waals surface area (Å²) in [6, 6.07) is 0.718. The molecule has 0 bridgehead atoms. The monoisotopic (exact) mass is 343 g/mol. The van der Waals surface area contributed by atoms with Crippen LogP contribution in [0.5, 0.6) is 0 Å². The Kier molecular flexibility index (Phi) is 4.18. The van der Waals surface area contributed by atoms with Crippen LogP contribution in [0.3, 0.4) is 0 Å². The summed E-state index contributed by atoms with van der Waals surface area (Å²) in [5.74, 6) is 1.53. The molecule has 1 spiro atoms. The second kappa shape index (κ2) is 6.24. The molecule has 0 aromatic carbocycles. The maximum atomic E-state index is 11.4. The van der Waals surface area contributed by atoms with Crippen molar-refractivity contribution in [3.05, 3.63) is 18.2 Å². The van der Waals surface area contributed by atoms with E-state index in [0.29, 0.717) is 11.3 Å². The van der Waals surface area contributed by atoms with Gasteiger partial charge in [-0.25, -0.2) is 9.97 Å². The third-order valence-corrected chi connectivity index (χ3v) is 6.21. The van der Waals surface area contributed by atoms with Crippen molar-refractivity contribution in [1.82, 2.24) is 19.8 Å². The Morgan fingerprint density at radius 1 is 1.12 bits per heavy atom. The highest BCUT2D eigenvalue weighted by atomic mass is 16.2. The van der Waals surface area contributed by atoms with Crippen LogP contribution in [0.4, 0.5) is 5.69 Å². The van der Waals surface area contributed by atoms with E-state index in [1.807, 2.05) is 17.3 Å². The first-order chi connectivity index (χ1) is 12.0. The van der Waals surface area contributed by atoms with E-state index in [1.165, 1.54) is 12.8 Å². The molecule has 136 valence electrons. The summed E-state index contributed by atoms with van der Waals surface area (Å²) in [5, 5.41) is 0. The molecule has 3 heterocycles. The van der Waals surface area contributed by atoms with Gasteiger partial charge in [0.05, 0.1) is 18.1 Å². The van der Waals surface area contributed by atoms with E-state index >= 15 is 0 Å². The van der Waals surface area contributed by atoms with Crippen LogP contribution in [0.25, 0.3) is 0 Å². The first-order valence-corrected chi connectivity index (χ1v) is 9.52. The summed E-state index contributed by atoms with van der Waals surface area (Å²) in [6.45, 7) is 12.2. The molecule has 6 heteroatoms. The van der Waals surface area contributed by atoms with Crippen molar-refractivity contribution in [3.8, 4) is 0 Å². The highest BCUT2D eigenvalue weighted by Gasteiger charge is 2.54. The van der Waals surface area contributed by atoms with Gasteiger partial charge in [0.1, 0.15) is 5.82 Å². The lowest BCUT2D eigenvalue weighted by Crippen LogP contribution is -2.68. The number of hydrogen-bond acceptors (Lipinski definition) is 5. The summed E-state index contributed by atoms with van der Waals surface area (Å²) in [7, 11) is 0. The first kappa shape index (κ1) is 16.8. The van der Waals surface area contributed by atoms with E-state index in [0.717, 1.165) is 56.8 Å². The van der Waals surface area contributed by atoms with Gasteiger partial charge in [-0.05, 0) is 12.8 Å². The summed E-state index contributed by atoms with van der Waals surface area (Å²) in [4.78, 5) is 27.4. The lowest BCUT2D eigenvalue weighted by Gasteiger charge is -2.61. The van der Waals surface area contributed by atoms with Crippen molar-refractivity contribution in [3.63, 3.8) is 0 Å². The van der Waals surface area contributed by atoms with Crippen LogP contribution in [0.2, 0.25) is 0 Å². The molecule has 1 aliphatic carbocycles. The van der Waals surface area contributed by atoms with Crippen molar-refractivity contribution in [1.29, 1.82) is 0 Å². The summed E-state index contributed by atoms with van der Waals surface area (Å²) < 4.78 is 0. The van der Waals surface area contributed by atoms with Crippen molar-refractivity contribution in [2.45, 2.75) is 45.6 Å². The van der Waals surface area contributed by atoms with Gasteiger partial charge in [0.25, 0.3) is 0 Å². The van der Waals surface area contributed by atoms with Gasteiger partial charge in [0.2, 0.25) is 5.91 Å². The fourth-order valence-electron chi connectivity index (χ4n) is 4.58. The molecule has 0 atom stereocenters. The minimum absolute atomic E-state index is 0.230. The van der Waals surface area contributed by atoms with Crippen molar-refractivity contribution >= 4 is 11.6 Å². The molecule has 6 nitrogen and oxygen atoms in total. The Morgan fingerprint density at radius 2 is 1.72 bits per heavy atom. The Bertz CT molecular complexity index is 622. The van der Waals surface area contributed by atoms with E-state index in [9.17, 15) is 4.79 Å². The van der Waals surface area contributed by atoms with Crippen molar-refractivity contribution in [2.24, 2.45) is 5.41 Å². The van der Waals surface area contributed by atoms with Gasteiger partial charge in [-0.1, -0.05) is 13.8 Å². The maximum Gasteiger partial charge on any atom is 0.219 e. The predicted molar refractivity (Wildman–Crippen MR) is 97.6 cm³/mol. The summed E-state index contributed by atoms with van der Waals surface area (Å²) in [5.41, 5.74) is 1.60. The molecule has 0 N–H and O–H groups in total. The number of rotatable bonds is 3. The average molecular weight is 343 g/mol. The molecule has 1 aromatic rings. The normalized spacial score (nSPS) is 23.7. The number of aromatic nitrogens is 2. The molecule has 0 radical (unpaired) electrons. The smallest absolute Gasteiger partial charge is 0.219 e. The van der Waals surface area contributed by atoms with Crippen molar-refractivity contribution < 1.29 is 4.79 Å². The summed E-state index contributed by atoms with van der Waals surface area (Å²) in [6.07, 6.45) is 6.48. The summed E-state index contributed by atoms with van der Waals surface area (Å²) >= 11 is 0. The molecule has 1 saturated carbocycles. The SMILES string of the molecule is CC(=O)N1CC2(CC(N3CCN(c4cnc(C(C)C)nc4)CC3)C2)C1. The van der Waals surface area contributed by atoms with Gasteiger partial charge in [-0.15, -0.1) is 0 Å². The zero-order chi connectivity index (χ0) is 17.6. The highest BCUT2D eigenvalue weighted by Crippen LogP contribution is 2.50. The number of carbonyl (C=O) groups excluding carboxylic acids is 1. The van der Waals surface area contributed by atoms with Crippen molar-refractivity contribution in [2.75, 3.05) is 44.2 Å². The van der Waals surface area contributed by atoms with Crippen LogP contribution in [0.1, 0.15) is 45.4 Å². The van der Waals surface area contributed by atoms with Crippen LogP contribution in [0, 0.1) is 5.41 Å². The second-order valence-electron chi connectivity index (χ2n) is 8.41. The topological polar surface area (TPSA) is 52.6 Å². The van der Waals surface area contributed by atoms with E-state index in [4.69, 9.17) is 0 Å². The second-order valence-corrected chi connectivity index (χ2v) is 8.41. The molecular formula is C19H29N5O. The Hall–Kier alpha value is -1.69. The number of carbonyl (C=O) groups is 1. The maximum absolute atomic E-state index is 11.4. The molecule has 1 amide bonds. The molecule has 2 saturated heterocycles. The minimum Gasteiger partial charge on any atom is -0.366 e.